The normalized spacial score (nSPS) is 16.3. The second kappa shape index (κ2) is 4.97. The topological polar surface area (TPSA) is 46.2 Å². The lowest BCUT2D eigenvalue weighted by atomic mass is 9.99. The average Bonchev–Trinajstić information content (AvgIpc) is 2.23. The average molecular weight is 291 g/mol. The highest BCUT2D eigenvalue weighted by atomic mass is 19.4. The molecule has 108 valence electrons. The van der Waals surface area contributed by atoms with Crippen LogP contribution in [0, 0.1) is 5.82 Å². The maximum Gasteiger partial charge on any atom is 0.416 e. The summed E-state index contributed by atoms with van der Waals surface area (Å²) in [6, 6.07) is -1.41. The van der Waals surface area contributed by atoms with Crippen LogP contribution in [0.3, 0.4) is 0 Å². The lowest BCUT2D eigenvalue weighted by Crippen LogP contribution is -2.39. The quantitative estimate of drug-likeness (QED) is 0.823. The summed E-state index contributed by atoms with van der Waals surface area (Å²) in [4.78, 5) is 0. The summed E-state index contributed by atoms with van der Waals surface area (Å²) < 4.78 is 86.5. The van der Waals surface area contributed by atoms with Crippen LogP contribution in [0.4, 0.5) is 30.7 Å². The molecule has 3 N–H and O–H groups in total. The molecule has 0 aliphatic rings. The van der Waals surface area contributed by atoms with E-state index < -0.39 is 41.4 Å². The predicted molar refractivity (Wildman–Crippen MR) is 50.4 cm³/mol. The maximum atomic E-state index is 13.0. The summed E-state index contributed by atoms with van der Waals surface area (Å²) >= 11 is 0. The van der Waals surface area contributed by atoms with Crippen molar-refractivity contribution in [2.75, 3.05) is 0 Å². The fourth-order valence-corrected chi connectivity index (χ4v) is 1.35. The number of benzene rings is 1. The largest absolute Gasteiger partial charge is 0.416 e. The Balaban J connectivity index is 3.18. The molecule has 0 amide bonds. The summed E-state index contributed by atoms with van der Waals surface area (Å²) in [5.41, 5.74) is 2.73. The minimum absolute atomic E-state index is 0.121. The first kappa shape index (κ1) is 15.7. The van der Waals surface area contributed by atoms with Gasteiger partial charge in [0.15, 0.2) is 6.10 Å². The van der Waals surface area contributed by atoms with Crippen LogP contribution in [0.5, 0.6) is 0 Å². The minimum Gasteiger partial charge on any atom is -0.382 e. The maximum absolute atomic E-state index is 13.0. The molecule has 0 heterocycles. The summed E-state index contributed by atoms with van der Waals surface area (Å²) in [5.74, 6) is -1.39. The second-order valence-corrected chi connectivity index (χ2v) is 3.78. The first-order chi connectivity index (χ1) is 8.43. The molecular weight excluding hydrogens is 283 g/mol. The van der Waals surface area contributed by atoms with E-state index in [0.717, 1.165) is 0 Å². The van der Waals surface area contributed by atoms with Gasteiger partial charge >= 0.3 is 12.4 Å². The smallest absolute Gasteiger partial charge is 0.382 e. The molecule has 9 heteroatoms. The van der Waals surface area contributed by atoms with E-state index in [-0.39, 0.29) is 12.1 Å². The molecule has 1 aromatic carbocycles. The molecule has 1 aromatic rings. The van der Waals surface area contributed by atoms with Crippen molar-refractivity contribution in [3.63, 3.8) is 0 Å². The molecule has 0 bridgehead atoms. The Kier molecular flexibility index (Phi) is 4.11. The summed E-state index contributed by atoms with van der Waals surface area (Å²) in [5, 5.41) is 8.84. The number of alkyl halides is 6. The van der Waals surface area contributed by atoms with Gasteiger partial charge in [-0.3, -0.25) is 0 Å². The third-order valence-corrected chi connectivity index (χ3v) is 2.31. The molecule has 0 unspecified atom stereocenters. The standard InChI is InChI=1S/C10H8F7NO/c11-6-2-4(1-5(3-6)9(12,13)14)7(18)8(19)10(15,16)17/h1-3,7-8,19H,18H2/t7-,8-/m0/s1. The molecule has 0 aromatic heterocycles. The van der Waals surface area contributed by atoms with Gasteiger partial charge in [-0.1, -0.05) is 0 Å². The van der Waals surface area contributed by atoms with E-state index in [4.69, 9.17) is 10.8 Å². The number of hydrogen-bond acceptors (Lipinski definition) is 2. The first-order valence-electron chi connectivity index (χ1n) is 4.81. The molecule has 0 spiro atoms. The van der Waals surface area contributed by atoms with Crippen LogP contribution in [-0.2, 0) is 6.18 Å². The number of rotatable bonds is 2. The fraction of sp³-hybridized carbons (Fsp3) is 0.400. The Morgan fingerprint density at radius 3 is 1.95 bits per heavy atom. The van der Waals surface area contributed by atoms with E-state index in [0.29, 0.717) is 6.07 Å². The van der Waals surface area contributed by atoms with Crippen molar-refractivity contribution in [1.82, 2.24) is 0 Å². The SMILES string of the molecule is N[C@@H](c1cc(F)cc(C(F)(F)F)c1)[C@H](O)C(F)(F)F. The van der Waals surface area contributed by atoms with Gasteiger partial charge in [-0.05, 0) is 23.8 Å². The number of aliphatic hydroxyl groups is 1. The van der Waals surface area contributed by atoms with E-state index in [1.807, 2.05) is 0 Å². The minimum atomic E-state index is -5.12. The van der Waals surface area contributed by atoms with E-state index in [1.54, 1.807) is 0 Å². The van der Waals surface area contributed by atoms with Crippen LogP contribution in [0.25, 0.3) is 0 Å². The highest BCUT2D eigenvalue weighted by molar-refractivity contribution is 5.29. The van der Waals surface area contributed by atoms with Gasteiger partial charge in [0.05, 0.1) is 11.6 Å². The van der Waals surface area contributed by atoms with Gasteiger partial charge < -0.3 is 10.8 Å². The van der Waals surface area contributed by atoms with Gasteiger partial charge in [-0.2, -0.15) is 26.3 Å². The molecule has 0 aliphatic carbocycles. The van der Waals surface area contributed by atoms with Gasteiger partial charge in [-0.25, -0.2) is 4.39 Å². The van der Waals surface area contributed by atoms with E-state index in [1.165, 1.54) is 0 Å². The van der Waals surface area contributed by atoms with E-state index in [9.17, 15) is 30.7 Å². The van der Waals surface area contributed by atoms with Crippen molar-refractivity contribution in [2.24, 2.45) is 5.73 Å². The van der Waals surface area contributed by atoms with Crippen molar-refractivity contribution in [3.05, 3.63) is 35.1 Å². The van der Waals surface area contributed by atoms with Gasteiger partial charge in [0.2, 0.25) is 0 Å². The molecule has 0 aliphatic heterocycles. The molecule has 19 heavy (non-hydrogen) atoms. The van der Waals surface area contributed by atoms with Crippen LogP contribution in [0.15, 0.2) is 18.2 Å². The molecule has 0 fully saturated rings. The number of nitrogens with two attached hydrogens (primary N) is 1. The highest BCUT2D eigenvalue weighted by Gasteiger charge is 2.43. The zero-order valence-electron chi connectivity index (χ0n) is 9.06. The molecule has 0 saturated heterocycles. The molecule has 2 nitrogen and oxygen atoms in total. The Morgan fingerprint density at radius 1 is 1.00 bits per heavy atom. The molecule has 0 radical (unpaired) electrons. The summed E-state index contributed by atoms with van der Waals surface area (Å²) in [7, 11) is 0. The number of aliphatic hydroxyl groups excluding tert-OH is 1. The van der Waals surface area contributed by atoms with Crippen molar-refractivity contribution >= 4 is 0 Å². The Hall–Kier alpha value is -1.35. The molecule has 1 rings (SSSR count). The Labute approximate surface area is 102 Å². The van der Waals surface area contributed by atoms with Crippen molar-refractivity contribution in [1.29, 1.82) is 0 Å². The van der Waals surface area contributed by atoms with Crippen LogP contribution in [0.2, 0.25) is 0 Å². The molecule has 0 saturated carbocycles. The molecule has 2 atom stereocenters. The highest BCUT2D eigenvalue weighted by Crippen LogP contribution is 2.34. The third-order valence-electron chi connectivity index (χ3n) is 2.31. The van der Waals surface area contributed by atoms with Gasteiger partial charge in [0.25, 0.3) is 0 Å². The Morgan fingerprint density at radius 2 is 1.53 bits per heavy atom. The summed E-state index contributed by atoms with van der Waals surface area (Å²) in [6.07, 6.45) is -13.1. The van der Waals surface area contributed by atoms with Gasteiger partial charge in [-0.15, -0.1) is 0 Å². The lowest BCUT2D eigenvalue weighted by molar-refractivity contribution is -0.210. The van der Waals surface area contributed by atoms with Gasteiger partial charge in [0, 0.05) is 0 Å². The monoisotopic (exact) mass is 291 g/mol. The zero-order chi connectivity index (χ0) is 15.0. The fourth-order valence-electron chi connectivity index (χ4n) is 1.35. The Bertz CT molecular complexity index is 454. The molecular formula is C10H8F7NO. The third kappa shape index (κ3) is 3.80. The van der Waals surface area contributed by atoms with E-state index >= 15 is 0 Å². The van der Waals surface area contributed by atoms with Crippen LogP contribution >= 0.6 is 0 Å². The lowest BCUT2D eigenvalue weighted by Gasteiger charge is -2.22. The number of halogens is 7. The second-order valence-electron chi connectivity index (χ2n) is 3.78. The van der Waals surface area contributed by atoms with Crippen molar-refractivity contribution < 1.29 is 35.8 Å². The summed E-state index contributed by atoms with van der Waals surface area (Å²) in [6.45, 7) is 0. The van der Waals surface area contributed by atoms with Crippen LogP contribution in [-0.4, -0.2) is 17.4 Å². The van der Waals surface area contributed by atoms with E-state index in [2.05, 4.69) is 0 Å². The first-order valence-corrected chi connectivity index (χ1v) is 4.81. The number of hydrogen-bond donors (Lipinski definition) is 2. The van der Waals surface area contributed by atoms with Crippen molar-refractivity contribution in [2.45, 2.75) is 24.5 Å². The zero-order valence-corrected chi connectivity index (χ0v) is 9.06. The van der Waals surface area contributed by atoms with Crippen LogP contribution < -0.4 is 5.73 Å². The van der Waals surface area contributed by atoms with Gasteiger partial charge in [0.1, 0.15) is 5.82 Å². The van der Waals surface area contributed by atoms with Crippen LogP contribution in [0.1, 0.15) is 17.2 Å². The van der Waals surface area contributed by atoms with Crippen molar-refractivity contribution in [3.8, 4) is 0 Å². The predicted octanol–water partition coefficient (Wildman–Crippen LogP) is 2.77.